The number of carbonyl (C=O) groups is 1. The van der Waals surface area contributed by atoms with E-state index < -0.39 is 8.56 Å². The fourth-order valence-electron chi connectivity index (χ4n) is 4.85. The Bertz CT molecular complexity index is 506. The van der Waals surface area contributed by atoms with Crippen LogP contribution in [0.5, 0.6) is 0 Å². The molecule has 5 nitrogen and oxygen atoms in total. The Morgan fingerprint density at radius 2 is 1.64 bits per heavy atom. The van der Waals surface area contributed by atoms with E-state index in [-0.39, 0.29) is 52.3 Å². The zero-order valence-electron chi connectivity index (χ0n) is 14.2. The van der Waals surface area contributed by atoms with E-state index in [1.165, 1.54) is 0 Å². The minimum absolute atomic E-state index is 0.0399. The summed E-state index contributed by atoms with van der Waals surface area (Å²) < 4.78 is 24.8. The van der Waals surface area contributed by atoms with Crippen molar-refractivity contribution in [3.05, 3.63) is 0 Å². The van der Waals surface area contributed by atoms with E-state index in [9.17, 15) is 4.79 Å². The molecule has 3 heterocycles. The molecule has 3 aliphatic heterocycles. The standard InChI is InChI=1S/C16H26O5Si/c1-15(2,3)22(16(4,5)6)18-7-8-11(21-22)13-9-10(12(9)19-8)14(17)20-13/h8-13H,7H2,1-6H3/t8-,9-,10?,11-,12-,13-/m1/s1. The molecule has 0 aromatic rings. The predicted molar refractivity (Wildman–Crippen MR) is 81.5 cm³/mol. The number of rotatable bonds is 0. The van der Waals surface area contributed by atoms with Gasteiger partial charge in [0.2, 0.25) is 0 Å². The molecule has 0 aromatic heterocycles. The summed E-state index contributed by atoms with van der Waals surface area (Å²) in [4.78, 5) is 11.9. The first kappa shape index (κ1) is 15.1. The highest BCUT2D eigenvalue weighted by Gasteiger charge is 2.75. The molecule has 1 saturated carbocycles. The van der Waals surface area contributed by atoms with E-state index in [2.05, 4.69) is 41.5 Å². The van der Waals surface area contributed by atoms with E-state index in [0.717, 1.165) is 0 Å². The van der Waals surface area contributed by atoms with Gasteiger partial charge in [-0.05, 0) is 0 Å². The summed E-state index contributed by atoms with van der Waals surface area (Å²) in [5.74, 6) is 0.0466. The van der Waals surface area contributed by atoms with Gasteiger partial charge in [-0.1, -0.05) is 41.5 Å². The predicted octanol–water partition coefficient (Wildman–Crippen LogP) is 2.38. The molecule has 4 aliphatic rings. The van der Waals surface area contributed by atoms with Gasteiger partial charge in [-0.15, -0.1) is 0 Å². The maximum absolute atomic E-state index is 11.9. The van der Waals surface area contributed by atoms with Crippen LogP contribution in [0.1, 0.15) is 41.5 Å². The third-order valence-corrected chi connectivity index (χ3v) is 10.8. The average molecular weight is 326 g/mol. The van der Waals surface area contributed by atoms with Crippen LogP contribution in [-0.2, 0) is 23.1 Å². The van der Waals surface area contributed by atoms with Crippen LogP contribution >= 0.6 is 0 Å². The zero-order chi connectivity index (χ0) is 16.1. The van der Waals surface area contributed by atoms with E-state index in [1.54, 1.807) is 0 Å². The molecule has 0 aromatic carbocycles. The van der Waals surface area contributed by atoms with Gasteiger partial charge in [0.25, 0.3) is 0 Å². The first-order valence-corrected chi connectivity index (χ1v) is 10.1. The Hall–Kier alpha value is -0.433. The van der Waals surface area contributed by atoms with Crippen molar-refractivity contribution in [1.82, 2.24) is 0 Å². The van der Waals surface area contributed by atoms with Gasteiger partial charge in [0.15, 0.2) is 0 Å². The van der Waals surface area contributed by atoms with Crippen molar-refractivity contribution >= 4 is 14.5 Å². The van der Waals surface area contributed by atoms with Crippen LogP contribution in [0, 0.1) is 11.8 Å². The van der Waals surface area contributed by atoms with Crippen LogP contribution < -0.4 is 0 Å². The summed E-state index contributed by atoms with van der Waals surface area (Å²) in [5.41, 5.74) is 0. The van der Waals surface area contributed by atoms with Crippen molar-refractivity contribution in [3.63, 3.8) is 0 Å². The SMILES string of the molecule is CC(C)(C)[Si]1(C(C)(C)C)OC[C@H]2O[C@H]3C4C(=O)O[C@@H]([C@@H]2O1)[C@H]43. The largest absolute Gasteiger partial charge is 0.459 e. The molecule has 0 N–H and O–H groups in total. The van der Waals surface area contributed by atoms with Crippen molar-refractivity contribution in [3.8, 4) is 0 Å². The van der Waals surface area contributed by atoms with Crippen molar-refractivity contribution in [2.75, 3.05) is 6.61 Å². The summed E-state index contributed by atoms with van der Waals surface area (Å²) in [6, 6.07) is 0. The molecule has 4 rings (SSSR count). The summed E-state index contributed by atoms with van der Waals surface area (Å²) >= 11 is 0. The Balaban J connectivity index is 1.68. The zero-order valence-corrected chi connectivity index (χ0v) is 15.2. The third kappa shape index (κ3) is 1.72. The summed E-state index contributed by atoms with van der Waals surface area (Å²) in [6.45, 7) is 13.7. The lowest BCUT2D eigenvalue weighted by molar-refractivity contribution is -0.201. The van der Waals surface area contributed by atoms with E-state index in [0.29, 0.717) is 6.61 Å². The first-order chi connectivity index (χ1) is 10.1. The number of hydrogen-bond donors (Lipinski definition) is 0. The van der Waals surface area contributed by atoms with Crippen molar-refractivity contribution in [2.45, 2.75) is 76.0 Å². The lowest BCUT2D eigenvalue weighted by atomic mass is 10.0. The van der Waals surface area contributed by atoms with Gasteiger partial charge in [0.1, 0.15) is 18.3 Å². The maximum Gasteiger partial charge on any atom is 0.349 e. The number of esters is 1. The quantitative estimate of drug-likeness (QED) is 0.505. The maximum atomic E-state index is 11.9. The van der Waals surface area contributed by atoms with Gasteiger partial charge < -0.3 is 18.3 Å². The van der Waals surface area contributed by atoms with Gasteiger partial charge in [0.05, 0.1) is 18.6 Å². The van der Waals surface area contributed by atoms with Crippen LogP contribution in [0.2, 0.25) is 10.1 Å². The normalized spacial score (nSPS) is 45.8. The Kier molecular flexibility index (Phi) is 2.85. The topological polar surface area (TPSA) is 54.0 Å². The second kappa shape index (κ2) is 4.15. The Morgan fingerprint density at radius 3 is 2.23 bits per heavy atom. The van der Waals surface area contributed by atoms with Gasteiger partial charge >= 0.3 is 14.5 Å². The third-order valence-electron chi connectivity index (χ3n) is 5.66. The molecular formula is C16H26O5Si. The Labute approximate surface area is 132 Å². The van der Waals surface area contributed by atoms with Crippen molar-refractivity contribution in [1.29, 1.82) is 0 Å². The van der Waals surface area contributed by atoms with Gasteiger partial charge in [-0.2, -0.15) is 0 Å². The molecule has 0 radical (unpaired) electrons. The van der Waals surface area contributed by atoms with E-state index in [4.69, 9.17) is 18.3 Å². The molecule has 3 saturated heterocycles. The second-order valence-corrected chi connectivity index (χ2v) is 13.9. The molecule has 1 aliphatic carbocycles. The highest BCUT2D eigenvalue weighted by atomic mass is 28.4. The summed E-state index contributed by atoms with van der Waals surface area (Å²) in [6.07, 6.45) is -0.369. The van der Waals surface area contributed by atoms with Crippen LogP contribution in [0.4, 0.5) is 0 Å². The lowest BCUT2D eigenvalue weighted by Crippen LogP contribution is -2.68. The summed E-state index contributed by atoms with van der Waals surface area (Å²) in [5, 5.41) is -0.142. The minimum Gasteiger partial charge on any atom is -0.459 e. The number of fused-ring (bicyclic) bond motifs is 3. The number of carbonyl (C=O) groups excluding carboxylic acids is 1. The highest BCUT2D eigenvalue weighted by molar-refractivity contribution is 6.73. The van der Waals surface area contributed by atoms with Crippen LogP contribution in [-0.4, -0.2) is 45.6 Å². The monoisotopic (exact) mass is 326 g/mol. The fourth-order valence-corrected chi connectivity index (χ4v) is 9.80. The molecule has 124 valence electrons. The van der Waals surface area contributed by atoms with Crippen LogP contribution in [0.3, 0.4) is 0 Å². The molecule has 0 spiro atoms. The number of ether oxygens (including phenoxy) is 2. The molecule has 6 atom stereocenters. The van der Waals surface area contributed by atoms with E-state index >= 15 is 0 Å². The molecule has 6 heteroatoms. The van der Waals surface area contributed by atoms with E-state index in [1.807, 2.05) is 0 Å². The van der Waals surface area contributed by atoms with Gasteiger partial charge in [-0.3, -0.25) is 4.79 Å². The minimum atomic E-state index is -2.54. The lowest BCUT2D eigenvalue weighted by Gasteiger charge is -2.56. The molecule has 0 amide bonds. The molecule has 4 fully saturated rings. The smallest absolute Gasteiger partial charge is 0.349 e. The van der Waals surface area contributed by atoms with Crippen molar-refractivity contribution in [2.24, 2.45) is 11.8 Å². The fraction of sp³-hybridized carbons (Fsp3) is 0.938. The highest BCUT2D eigenvalue weighted by Crippen LogP contribution is 2.61. The molecule has 0 bridgehead atoms. The molecule has 1 unspecified atom stereocenters. The van der Waals surface area contributed by atoms with Gasteiger partial charge in [-0.25, -0.2) is 0 Å². The van der Waals surface area contributed by atoms with Crippen LogP contribution in [0.25, 0.3) is 0 Å². The first-order valence-electron chi connectivity index (χ1n) is 8.24. The number of hydrogen-bond acceptors (Lipinski definition) is 5. The summed E-state index contributed by atoms with van der Waals surface area (Å²) in [7, 11) is -2.54. The molecule has 22 heavy (non-hydrogen) atoms. The van der Waals surface area contributed by atoms with Crippen molar-refractivity contribution < 1.29 is 23.1 Å². The van der Waals surface area contributed by atoms with Gasteiger partial charge in [0, 0.05) is 16.0 Å². The average Bonchev–Trinajstić information content (AvgIpc) is 2.97. The van der Waals surface area contributed by atoms with Crippen LogP contribution in [0.15, 0.2) is 0 Å². The Morgan fingerprint density at radius 1 is 1.00 bits per heavy atom. The second-order valence-electron chi connectivity index (χ2n) is 9.15. The molecular weight excluding hydrogens is 300 g/mol.